The van der Waals surface area contributed by atoms with E-state index in [4.69, 9.17) is 0 Å². The molecule has 5 nitrogen and oxygen atoms in total. The van der Waals surface area contributed by atoms with Gasteiger partial charge < -0.3 is 5.32 Å². The van der Waals surface area contributed by atoms with Crippen LogP contribution in [0.15, 0.2) is 24.3 Å². The minimum Gasteiger partial charge on any atom is -0.352 e. The van der Waals surface area contributed by atoms with Gasteiger partial charge in [0.15, 0.2) is 0 Å². The maximum absolute atomic E-state index is 11.9. The lowest BCUT2D eigenvalue weighted by Gasteiger charge is -2.06. The van der Waals surface area contributed by atoms with Crippen molar-refractivity contribution in [2.45, 2.75) is 51.9 Å². The molecule has 0 aliphatic carbocycles. The number of para-hydroxylation sites is 1. The molecule has 1 aromatic rings. The summed E-state index contributed by atoms with van der Waals surface area (Å²) in [5, 5.41) is 13.6. The number of carbonyl (C=O) groups is 1. The molecular weight excluding hydrogens is 268 g/mol. The van der Waals surface area contributed by atoms with Crippen molar-refractivity contribution in [1.29, 1.82) is 0 Å². The average Bonchev–Trinajstić information content (AvgIpc) is 2.49. The molecule has 0 bridgehead atoms. The topological polar surface area (TPSA) is 72.2 Å². The first-order chi connectivity index (χ1) is 10.2. The van der Waals surface area contributed by atoms with E-state index in [-0.39, 0.29) is 17.2 Å². The molecule has 0 aromatic heterocycles. The maximum Gasteiger partial charge on any atom is 0.282 e. The molecule has 1 rings (SSSR count). The van der Waals surface area contributed by atoms with Crippen LogP contribution in [0.1, 0.15) is 62.2 Å². The number of nitro benzene ring substituents is 1. The largest absolute Gasteiger partial charge is 0.352 e. The van der Waals surface area contributed by atoms with Crippen LogP contribution in [0.5, 0.6) is 0 Å². The van der Waals surface area contributed by atoms with Gasteiger partial charge in [0.2, 0.25) is 0 Å². The van der Waals surface area contributed by atoms with Gasteiger partial charge in [-0.1, -0.05) is 57.6 Å². The molecule has 1 N–H and O–H groups in total. The predicted molar refractivity (Wildman–Crippen MR) is 83.4 cm³/mol. The van der Waals surface area contributed by atoms with Crippen molar-refractivity contribution in [3.8, 4) is 0 Å². The van der Waals surface area contributed by atoms with Gasteiger partial charge >= 0.3 is 0 Å². The molecule has 21 heavy (non-hydrogen) atoms. The van der Waals surface area contributed by atoms with Gasteiger partial charge in [0.05, 0.1) is 4.92 Å². The van der Waals surface area contributed by atoms with E-state index >= 15 is 0 Å². The van der Waals surface area contributed by atoms with E-state index in [2.05, 4.69) is 12.2 Å². The Balaban J connectivity index is 2.27. The molecule has 0 heterocycles. The Labute approximate surface area is 125 Å². The smallest absolute Gasteiger partial charge is 0.282 e. The van der Waals surface area contributed by atoms with Crippen LogP contribution >= 0.6 is 0 Å². The highest BCUT2D eigenvalue weighted by atomic mass is 16.6. The van der Waals surface area contributed by atoms with Gasteiger partial charge in [0, 0.05) is 12.6 Å². The summed E-state index contributed by atoms with van der Waals surface area (Å²) >= 11 is 0. The van der Waals surface area contributed by atoms with Gasteiger partial charge in [-0.05, 0) is 12.5 Å². The average molecular weight is 292 g/mol. The van der Waals surface area contributed by atoms with E-state index < -0.39 is 4.92 Å². The summed E-state index contributed by atoms with van der Waals surface area (Å²) in [7, 11) is 0. The Morgan fingerprint density at radius 2 is 1.71 bits per heavy atom. The number of nitrogens with one attached hydrogen (secondary N) is 1. The van der Waals surface area contributed by atoms with E-state index in [1.165, 1.54) is 44.2 Å². The third-order valence-corrected chi connectivity index (χ3v) is 3.41. The highest BCUT2D eigenvalue weighted by molar-refractivity contribution is 5.98. The van der Waals surface area contributed by atoms with Crippen molar-refractivity contribution >= 4 is 11.6 Å². The van der Waals surface area contributed by atoms with E-state index in [0.717, 1.165) is 12.8 Å². The number of carbonyl (C=O) groups excluding carboxylic acids is 1. The van der Waals surface area contributed by atoms with Gasteiger partial charge in [0.25, 0.3) is 11.6 Å². The lowest BCUT2D eigenvalue weighted by atomic mass is 10.1. The van der Waals surface area contributed by atoms with Crippen LogP contribution in [0.2, 0.25) is 0 Å². The number of nitrogens with zero attached hydrogens (tertiary/aromatic N) is 1. The summed E-state index contributed by atoms with van der Waals surface area (Å²) in [6.07, 6.45) is 8.23. The molecule has 0 aliphatic heterocycles. The maximum atomic E-state index is 11.9. The second-order valence-corrected chi connectivity index (χ2v) is 5.15. The minimum atomic E-state index is -0.525. The summed E-state index contributed by atoms with van der Waals surface area (Å²) in [5.74, 6) is -0.367. The minimum absolute atomic E-state index is 0.130. The highest BCUT2D eigenvalue weighted by Gasteiger charge is 2.18. The number of nitro groups is 1. The van der Waals surface area contributed by atoms with Gasteiger partial charge in [-0.15, -0.1) is 0 Å². The second-order valence-electron chi connectivity index (χ2n) is 5.15. The predicted octanol–water partition coefficient (Wildman–Crippen LogP) is 4.08. The lowest BCUT2D eigenvalue weighted by Crippen LogP contribution is -2.25. The van der Waals surface area contributed by atoms with E-state index in [1.807, 2.05) is 0 Å². The van der Waals surface area contributed by atoms with Crippen LogP contribution in [0.4, 0.5) is 5.69 Å². The van der Waals surface area contributed by atoms with Gasteiger partial charge in [-0.2, -0.15) is 0 Å². The molecule has 0 spiro atoms. The summed E-state index contributed by atoms with van der Waals surface area (Å²) in [5.41, 5.74) is -0.0139. The zero-order chi connectivity index (χ0) is 15.5. The molecule has 0 saturated heterocycles. The molecule has 0 fully saturated rings. The van der Waals surface area contributed by atoms with Crippen LogP contribution in [-0.4, -0.2) is 17.4 Å². The Bertz CT molecular complexity index is 461. The summed E-state index contributed by atoms with van der Waals surface area (Å²) < 4.78 is 0. The fourth-order valence-corrected chi connectivity index (χ4v) is 2.20. The first kappa shape index (κ1) is 17.1. The third-order valence-electron chi connectivity index (χ3n) is 3.41. The number of benzene rings is 1. The first-order valence-corrected chi connectivity index (χ1v) is 7.68. The molecule has 1 amide bonds. The van der Waals surface area contributed by atoms with Crippen LogP contribution in [0.25, 0.3) is 0 Å². The molecule has 116 valence electrons. The van der Waals surface area contributed by atoms with Crippen LogP contribution in [0.3, 0.4) is 0 Å². The zero-order valence-electron chi connectivity index (χ0n) is 12.6. The Morgan fingerprint density at radius 3 is 2.38 bits per heavy atom. The fourth-order valence-electron chi connectivity index (χ4n) is 2.20. The van der Waals surface area contributed by atoms with Gasteiger partial charge in [0.1, 0.15) is 5.56 Å². The fraction of sp³-hybridized carbons (Fsp3) is 0.562. The van der Waals surface area contributed by atoms with E-state index in [9.17, 15) is 14.9 Å². The van der Waals surface area contributed by atoms with Crippen molar-refractivity contribution in [1.82, 2.24) is 5.32 Å². The van der Waals surface area contributed by atoms with Crippen LogP contribution < -0.4 is 5.32 Å². The number of hydrogen-bond acceptors (Lipinski definition) is 3. The Kier molecular flexibility index (Phi) is 8.09. The first-order valence-electron chi connectivity index (χ1n) is 7.68. The van der Waals surface area contributed by atoms with E-state index in [1.54, 1.807) is 12.1 Å². The molecular formula is C16H24N2O3. The normalized spacial score (nSPS) is 10.3. The SMILES string of the molecule is CCCCCCCCCNC(=O)c1ccccc1[N+](=O)[O-]. The van der Waals surface area contributed by atoms with Crippen molar-refractivity contribution < 1.29 is 9.72 Å². The molecule has 0 unspecified atom stereocenters. The second kappa shape index (κ2) is 9.91. The van der Waals surface area contributed by atoms with Crippen molar-refractivity contribution in [3.05, 3.63) is 39.9 Å². The van der Waals surface area contributed by atoms with Crippen LogP contribution in [-0.2, 0) is 0 Å². The Morgan fingerprint density at radius 1 is 1.10 bits per heavy atom. The molecule has 0 aliphatic rings. The third kappa shape index (κ3) is 6.38. The number of amides is 1. The van der Waals surface area contributed by atoms with Crippen molar-refractivity contribution in [3.63, 3.8) is 0 Å². The van der Waals surface area contributed by atoms with Crippen molar-refractivity contribution in [2.24, 2.45) is 0 Å². The number of unbranched alkanes of at least 4 members (excludes halogenated alkanes) is 6. The number of hydrogen-bond donors (Lipinski definition) is 1. The summed E-state index contributed by atoms with van der Waals surface area (Å²) in [6, 6.07) is 6.03. The van der Waals surface area contributed by atoms with Crippen molar-refractivity contribution in [2.75, 3.05) is 6.54 Å². The number of rotatable bonds is 10. The molecule has 1 aromatic carbocycles. The Hall–Kier alpha value is -1.91. The molecule has 0 atom stereocenters. The molecule has 5 heteroatoms. The lowest BCUT2D eigenvalue weighted by molar-refractivity contribution is -0.385. The van der Waals surface area contributed by atoms with Gasteiger partial charge in [-0.3, -0.25) is 14.9 Å². The monoisotopic (exact) mass is 292 g/mol. The molecule has 0 radical (unpaired) electrons. The quantitative estimate of drug-likeness (QED) is 0.401. The zero-order valence-corrected chi connectivity index (χ0v) is 12.6. The molecule has 0 saturated carbocycles. The van der Waals surface area contributed by atoms with E-state index in [0.29, 0.717) is 6.54 Å². The van der Waals surface area contributed by atoms with Crippen LogP contribution in [0, 0.1) is 10.1 Å². The highest BCUT2D eigenvalue weighted by Crippen LogP contribution is 2.17. The summed E-state index contributed by atoms with van der Waals surface area (Å²) in [4.78, 5) is 22.3. The van der Waals surface area contributed by atoms with Gasteiger partial charge in [-0.25, -0.2) is 0 Å². The standard InChI is InChI=1S/C16H24N2O3/c1-2-3-4-5-6-7-10-13-17-16(19)14-11-8-9-12-15(14)18(20)21/h8-9,11-12H,2-7,10,13H2,1H3,(H,17,19). The summed E-state index contributed by atoms with van der Waals surface area (Å²) in [6.45, 7) is 2.76.